The largest absolute Gasteiger partial charge is 0.493 e. The lowest BCUT2D eigenvalue weighted by molar-refractivity contribution is 0.280. The van der Waals surface area contributed by atoms with E-state index in [2.05, 4.69) is 11.6 Å². The van der Waals surface area contributed by atoms with E-state index in [9.17, 15) is 0 Å². The van der Waals surface area contributed by atoms with Crippen LogP contribution in [0.3, 0.4) is 0 Å². The number of ether oxygens (including phenoxy) is 2. The number of benzene rings is 1. The van der Waals surface area contributed by atoms with Gasteiger partial charge in [0.05, 0.1) is 12.0 Å². The van der Waals surface area contributed by atoms with Crippen molar-refractivity contribution in [3.05, 3.63) is 65.9 Å². The molecule has 0 aliphatic carbocycles. The molecule has 0 aliphatic rings. The highest BCUT2D eigenvalue weighted by Crippen LogP contribution is 2.29. The Morgan fingerprint density at radius 2 is 2.22 bits per heavy atom. The van der Waals surface area contributed by atoms with Crippen LogP contribution in [0.15, 0.2) is 59.0 Å². The Morgan fingerprint density at radius 1 is 1.30 bits per heavy atom. The van der Waals surface area contributed by atoms with Gasteiger partial charge in [0, 0.05) is 0 Å². The van der Waals surface area contributed by atoms with Crippen LogP contribution < -0.4 is 9.47 Å². The van der Waals surface area contributed by atoms with Gasteiger partial charge in [0.15, 0.2) is 11.5 Å². The number of rotatable bonds is 7. The lowest BCUT2D eigenvalue weighted by atomic mass is 10.1. The summed E-state index contributed by atoms with van der Waals surface area (Å²) in [7, 11) is 1.63. The molecular formula is C18H17NO3S. The molecule has 1 aromatic carbocycles. The second-order valence-electron chi connectivity index (χ2n) is 4.89. The molecule has 5 heteroatoms. The molecule has 0 saturated heterocycles. The van der Waals surface area contributed by atoms with Crippen LogP contribution in [0, 0.1) is 0 Å². The van der Waals surface area contributed by atoms with Gasteiger partial charge in [-0.05, 0) is 35.6 Å². The molecule has 4 nitrogen and oxygen atoms in total. The number of methoxy groups -OCH3 is 1. The van der Waals surface area contributed by atoms with Crippen molar-refractivity contribution in [1.29, 1.82) is 0 Å². The van der Waals surface area contributed by atoms with Crippen molar-refractivity contribution in [2.75, 3.05) is 7.11 Å². The molecule has 23 heavy (non-hydrogen) atoms. The van der Waals surface area contributed by atoms with E-state index < -0.39 is 0 Å². The summed E-state index contributed by atoms with van der Waals surface area (Å²) in [6.07, 6.45) is 4.27. The van der Waals surface area contributed by atoms with Crippen molar-refractivity contribution in [3.8, 4) is 22.3 Å². The zero-order valence-electron chi connectivity index (χ0n) is 12.8. The maximum absolute atomic E-state index is 5.81. The minimum atomic E-state index is 0.325. The molecule has 0 unspecified atom stereocenters. The fourth-order valence-corrected chi connectivity index (χ4v) is 2.82. The fourth-order valence-electron chi connectivity index (χ4n) is 2.16. The van der Waals surface area contributed by atoms with Gasteiger partial charge in [-0.15, -0.1) is 17.9 Å². The van der Waals surface area contributed by atoms with Crippen LogP contribution in [0.1, 0.15) is 11.3 Å². The Labute approximate surface area is 139 Å². The van der Waals surface area contributed by atoms with Crippen molar-refractivity contribution in [1.82, 2.24) is 4.98 Å². The molecule has 0 radical (unpaired) electrons. The van der Waals surface area contributed by atoms with Crippen LogP contribution in [0.2, 0.25) is 0 Å². The first-order valence-corrected chi connectivity index (χ1v) is 8.07. The third-order valence-electron chi connectivity index (χ3n) is 3.27. The van der Waals surface area contributed by atoms with E-state index in [1.807, 2.05) is 41.8 Å². The molecule has 3 rings (SSSR count). The summed E-state index contributed by atoms with van der Waals surface area (Å²) in [5.74, 6) is 2.00. The van der Waals surface area contributed by atoms with Crippen LogP contribution in [0.5, 0.6) is 11.5 Å². The highest BCUT2D eigenvalue weighted by atomic mass is 32.1. The summed E-state index contributed by atoms with van der Waals surface area (Å²) < 4.78 is 16.7. The summed E-state index contributed by atoms with van der Waals surface area (Å²) in [4.78, 5) is 5.44. The monoisotopic (exact) mass is 327 g/mol. The Balaban J connectivity index is 1.69. The van der Waals surface area contributed by atoms with E-state index in [0.717, 1.165) is 22.6 Å². The molecule has 0 N–H and O–H groups in total. The zero-order chi connectivity index (χ0) is 16.1. The average Bonchev–Trinajstić information content (AvgIpc) is 3.25. The SMILES string of the molecule is C=CCc1ccc(OCc2coc(-c3cccs3)n2)c(OC)c1. The number of hydrogen-bond donors (Lipinski definition) is 0. The van der Waals surface area contributed by atoms with Gasteiger partial charge in [-0.2, -0.15) is 0 Å². The van der Waals surface area contributed by atoms with Gasteiger partial charge >= 0.3 is 0 Å². The molecule has 2 aromatic heterocycles. The summed E-state index contributed by atoms with van der Waals surface area (Å²) >= 11 is 1.59. The Hall–Kier alpha value is -2.53. The Kier molecular flexibility index (Phi) is 4.78. The molecule has 0 aliphatic heterocycles. The van der Waals surface area contributed by atoms with Gasteiger partial charge in [0.2, 0.25) is 5.89 Å². The van der Waals surface area contributed by atoms with Crippen LogP contribution in [0.25, 0.3) is 10.8 Å². The molecule has 0 saturated carbocycles. The number of oxazole rings is 1. The van der Waals surface area contributed by atoms with Gasteiger partial charge in [0.25, 0.3) is 0 Å². The van der Waals surface area contributed by atoms with Crippen LogP contribution in [-0.2, 0) is 13.0 Å². The van der Waals surface area contributed by atoms with Gasteiger partial charge in [-0.3, -0.25) is 0 Å². The molecule has 0 amide bonds. The highest BCUT2D eigenvalue weighted by molar-refractivity contribution is 7.13. The molecule has 118 valence electrons. The average molecular weight is 327 g/mol. The topological polar surface area (TPSA) is 44.5 Å². The second kappa shape index (κ2) is 7.15. The van der Waals surface area contributed by atoms with E-state index in [4.69, 9.17) is 13.9 Å². The van der Waals surface area contributed by atoms with Crippen molar-refractivity contribution in [3.63, 3.8) is 0 Å². The number of aromatic nitrogens is 1. The first-order valence-electron chi connectivity index (χ1n) is 7.19. The smallest absolute Gasteiger partial charge is 0.236 e. The van der Waals surface area contributed by atoms with E-state index in [-0.39, 0.29) is 0 Å². The molecule has 0 spiro atoms. The Bertz CT molecular complexity index is 777. The highest BCUT2D eigenvalue weighted by Gasteiger charge is 2.10. The van der Waals surface area contributed by atoms with E-state index in [1.165, 1.54) is 0 Å². The van der Waals surface area contributed by atoms with E-state index in [0.29, 0.717) is 24.0 Å². The van der Waals surface area contributed by atoms with Crippen LogP contribution in [0.4, 0.5) is 0 Å². The van der Waals surface area contributed by atoms with Crippen molar-refractivity contribution < 1.29 is 13.9 Å². The minimum absolute atomic E-state index is 0.325. The third-order valence-corrected chi connectivity index (χ3v) is 4.13. The second-order valence-corrected chi connectivity index (χ2v) is 5.84. The van der Waals surface area contributed by atoms with Crippen molar-refractivity contribution in [2.45, 2.75) is 13.0 Å². The van der Waals surface area contributed by atoms with Gasteiger partial charge in [-0.25, -0.2) is 4.98 Å². The maximum Gasteiger partial charge on any atom is 0.236 e. The zero-order valence-corrected chi connectivity index (χ0v) is 13.6. The molecule has 3 aromatic rings. The van der Waals surface area contributed by atoms with Crippen LogP contribution in [-0.4, -0.2) is 12.1 Å². The fraction of sp³-hybridized carbons (Fsp3) is 0.167. The third kappa shape index (κ3) is 3.63. The molecule has 0 fully saturated rings. The number of hydrogen-bond acceptors (Lipinski definition) is 5. The summed E-state index contributed by atoms with van der Waals surface area (Å²) in [6, 6.07) is 9.80. The van der Waals surface area contributed by atoms with Gasteiger partial charge in [-0.1, -0.05) is 18.2 Å². The van der Waals surface area contributed by atoms with Gasteiger partial charge < -0.3 is 13.9 Å². The minimum Gasteiger partial charge on any atom is -0.493 e. The standard InChI is InChI=1S/C18H17NO3S/c1-3-5-13-7-8-15(16(10-13)20-2)21-11-14-12-22-18(19-14)17-6-4-9-23-17/h3-4,6-10,12H,1,5,11H2,2H3. The molecule has 2 heterocycles. The Morgan fingerprint density at radius 3 is 2.96 bits per heavy atom. The quantitative estimate of drug-likeness (QED) is 0.589. The summed E-state index contributed by atoms with van der Waals surface area (Å²) in [5, 5.41) is 1.99. The predicted octanol–water partition coefficient (Wildman–Crippen LogP) is 4.72. The molecular weight excluding hydrogens is 310 g/mol. The van der Waals surface area contributed by atoms with E-state index in [1.54, 1.807) is 24.7 Å². The maximum atomic E-state index is 5.81. The summed E-state index contributed by atoms with van der Waals surface area (Å²) in [5.41, 5.74) is 1.87. The number of nitrogens with zero attached hydrogens (tertiary/aromatic N) is 1. The number of thiophene rings is 1. The first kappa shape index (κ1) is 15.4. The van der Waals surface area contributed by atoms with Gasteiger partial charge in [0.1, 0.15) is 18.6 Å². The van der Waals surface area contributed by atoms with Crippen molar-refractivity contribution >= 4 is 11.3 Å². The number of allylic oxidation sites excluding steroid dienone is 1. The van der Waals surface area contributed by atoms with Crippen LogP contribution >= 0.6 is 11.3 Å². The lowest BCUT2D eigenvalue weighted by Crippen LogP contribution is -1.98. The molecule has 0 atom stereocenters. The van der Waals surface area contributed by atoms with E-state index >= 15 is 0 Å². The normalized spacial score (nSPS) is 10.5. The lowest BCUT2D eigenvalue weighted by Gasteiger charge is -2.10. The summed E-state index contributed by atoms with van der Waals surface area (Å²) in [6.45, 7) is 4.07. The predicted molar refractivity (Wildman–Crippen MR) is 91.0 cm³/mol. The first-order chi connectivity index (χ1) is 11.3. The molecule has 0 bridgehead atoms. The van der Waals surface area contributed by atoms with Crippen molar-refractivity contribution in [2.24, 2.45) is 0 Å².